The van der Waals surface area contributed by atoms with Gasteiger partial charge in [-0.1, -0.05) is 41.1 Å². The van der Waals surface area contributed by atoms with Gasteiger partial charge in [0.15, 0.2) is 0 Å². The van der Waals surface area contributed by atoms with Crippen LogP contribution < -0.4 is 10.0 Å². The second-order valence-corrected chi connectivity index (χ2v) is 7.14. The Kier molecular flexibility index (Phi) is 5.39. The van der Waals surface area contributed by atoms with Crippen LogP contribution in [0.1, 0.15) is 12.5 Å². The summed E-state index contributed by atoms with van der Waals surface area (Å²) in [5.41, 5.74) is 1.47. The van der Waals surface area contributed by atoms with Crippen LogP contribution in [0, 0.1) is 0 Å². The average Bonchev–Trinajstić information content (AvgIpc) is 2.45. The molecule has 4 nitrogen and oxygen atoms in total. The molecule has 0 aliphatic rings. The lowest BCUT2D eigenvalue weighted by Crippen LogP contribution is -2.15. The van der Waals surface area contributed by atoms with Gasteiger partial charge >= 0.3 is 0 Å². The number of hydrogen-bond donors (Lipinski definition) is 2. The topological polar surface area (TPSA) is 58.2 Å². The first-order valence-corrected chi connectivity index (χ1v) is 8.87. The Bertz CT molecular complexity index is 717. The maximum absolute atomic E-state index is 12.4. The summed E-state index contributed by atoms with van der Waals surface area (Å²) in [7, 11) is -3.58. The lowest BCUT2D eigenvalue weighted by atomic mass is 10.2. The second kappa shape index (κ2) is 7.06. The predicted molar refractivity (Wildman–Crippen MR) is 88.8 cm³/mol. The number of benzene rings is 2. The Morgan fingerprint density at radius 1 is 1.10 bits per heavy atom. The number of nitrogens with one attached hydrogen (secondary N) is 2. The van der Waals surface area contributed by atoms with Crippen LogP contribution in [-0.2, 0) is 16.6 Å². The third kappa shape index (κ3) is 4.56. The fraction of sp³-hybridized carbons (Fsp3) is 0.200. The molecule has 0 radical (unpaired) electrons. The fourth-order valence-corrected chi connectivity index (χ4v) is 3.38. The molecule has 2 rings (SSSR count). The maximum Gasteiger partial charge on any atom is 0.261 e. The van der Waals surface area contributed by atoms with Gasteiger partial charge in [-0.2, -0.15) is 0 Å². The smallest absolute Gasteiger partial charge is 0.261 e. The summed E-state index contributed by atoms with van der Waals surface area (Å²) in [6.45, 7) is 3.50. The molecule has 0 saturated carbocycles. The van der Waals surface area contributed by atoms with Gasteiger partial charge in [0.2, 0.25) is 0 Å². The summed E-state index contributed by atoms with van der Waals surface area (Å²) in [5.74, 6) is 0. The van der Waals surface area contributed by atoms with Crippen LogP contribution in [0.5, 0.6) is 0 Å². The Hall–Kier alpha value is -1.37. The van der Waals surface area contributed by atoms with E-state index in [0.29, 0.717) is 12.2 Å². The molecule has 0 aliphatic carbocycles. The van der Waals surface area contributed by atoms with E-state index in [1.54, 1.807) is 36.4 Å². The highest BCUT2D eigenvalue weighted by molar-refractivity contribution is 9.10. The van der Waals surface area contributed by atoms with E-state index in [2.05, 4.69) is 26.0 Å². The van der Waals surface area contributed by atoms with Crippen molar-refractivity contribution in [2.45, 2.75) is 18.4 Å². The minimum absolute atomic E-state index is 0.262. The quantitative estimate of drug-likeness (QED) is 0.821. The van der Waals surface area contributed by atoms with Crippen LogP contribution >= 0.6 is 15.9 Å². The van der Waals surface area contributed by atoms with Gasteiger partial charge in [-0.25, -0.2) is 8.42 Å². The summed E-state index contributed by atoms with van der Waals surface area (Å²) in [6, 6.07) is 14.0. The van der Waals surface area contributed by atoms with Gasteiger partial charge in [-0.3, -0.25) is 4.72 Å². The minimum Gasteiger partial charge on any atom is -0.313 e. The molecule has 21 heavy (non-hydrogen) atoms. The van der Waals surface area contributed by atoms with Crippen LogP contribution in [-0.4, -0.2) is 15.0 Å². The van der Waals surface area contributed by atoms with E-state index >= 15 is 0 Å². The number of halogens is 1. The van der Waals surface area contributed by atoms with Crippen molar-refractivity contribution in [1.29, 1.82) is 0 Å². The fourth-order valence-electron chi connectivity index (χ4n) is 1.86. The largest absolute Gasteiger partial charge is 0.313 e. The summed E-state index contributed by atoms with van der Waals surface area (Å²) in [4.78, 5) is 0.262. The van der Waals surface area contributed by atoms with Crippen molar-refractivity contribution >= 4 is 31.6 Å². The predicted octanol–water partition coefficient (Wildman–Crippen LogP) is 3.36. The third-order valence-corrected chi connectivity index (χ3v) is 4.74. The van der Waals surface area contributed by atoms with Crippen molar-refractivity contribution in [3.05, 3.63) is 58.6 Å². The summed E-state index contributed by atoms with van der Waals surface area (Å²) in [6.07, 6.45) is 0. The molecular weight excluding hydrogens is 352 g/mol. The molecule has 0 unspecified atom stereocenters. The zero-order valence-corrected chi connectivity index (χ0v) is 14.0. The van der Waals surface area contributed by atoms with Gasteiger partial charge in [-0.15, -0.1) is 0 Å². The molecule has 112 valence electrons. The molecular formula is C15H17BrN2O2S. The third-order valence-electron chi connectivity index (χ3n) is 2.86. The van der Waals surface area contributed by atoms with Crippen LogP contribution in [0.2, 0.25) is 0 Å². The van der Waals surface area contributed by atoms with Gasteiger partial charge in [0.25, 0.3) is 10.0 Å². The molecule has 2 N–H and O–H groups in total. The number of rotatable bonds is 6. The molecule has 0 saturated heterocycles. The van der Waals surface area contributed by atoms with Crippen LogP contribution in [0.15, 0.2) is 57.9 Å². The molecule has 0 atom stereocenters. The summed E-state index contributed by atoms with van der Waals surface area (Å²) < 4.78 is 28.2. The molecule has 2 aromatic rings. The van der Waals surface area contributed by atoms with Crippen molar-refractivity contribution in [1.82, 2.24) is 5.32 Å². The number of hydrogen-bond acceptors (Lipinski definition) is 3. The molecule has 0 heterocycles. The van der Waals surface area contributed by atoms with Crippen molar-refractivity contribution in [2.24, 2.45) is 0 Å². The van der Waals surface area contributed by atoms with Gasteiger partial charge in [-0.05, 0) is 42.4 Å². The maximum atomic E-state index is 12.4. The Morgan fingerprint density at radius 3 is 2.57 bits per heavy atom. The molecule has 0 aromatic heterocycles. The Balaban J connectivity index is 2.23. The molecule has 0 spiro atoms. The second-order valence-electron chi connectivity index (χ2n) is 4.54. The Morgan fingerprint density at radius 2 is 1.86 bits per heavy atom. The lowest BCUT2D eigenvalue weighted by Gasteiger charge is -2.10. The van der Waals surface area contributed by atoms with Gasteiger partial charge < -0.3 is 5.32 Å². The van der Waals surface area contributed by atoms with E-state index in [9.17, 15) is 8.42 Å². The van der Waals surface area contributed by atoms with Crippen molar-refractivity contribution in [3.63, 3.8) is 0 Å². The van der Waals surface area contributed by atoms with Crippen molar-refractivity contribution < 1.29 is 8.42 Å². The monoisotopic (exact) mass is 368 g/mol. The molecule has 2 aromatic carbocycles. The molecule has 0 aliphatic heterocycles. The number of anilines is 1. The lowest BCUT2D eigenvalue weighted by molar-refractivity contribution is 0.601. The first-order chi connectivity index (χ1) is 10.0. The van der Waals surface area contributed by atoms with Crippen LogP contribution in [0.3, 0.4) is 0 Å². The highest BCUT2D eigenvalue weighted by Gasteiger charge is 2.14. The van der Waals surface area contributed by atoms with Gasteiger partial charge in [0.05, 0.1) is 4.90 Å². The van der Waals surface area contributed by atoms with Gasteiger partial charge in [0.1, 0.15) is 0 Å². The molecule has 6 heteroatoms. The minimum atomic E-state index is -3.58. The van der Waals surface area contributed by atoms with E-state index in [1.165, 1.54) is 0 Å². The average molecular weight is 369 g/mol. The highest BCUT2D eigenvalue weighted by atomic mass is 79.9. The van der Waals surface area contributed by atoms with Gasteiger partial charge in [0, 0.05) is 16.7 Å². The van der Waals surface area contributed by atoms with Crippen molar-refractivity contribution in [2.75, 3.05) is 11.3 Å². The van der Waals surface area contributed by atoms with Crippen molar-refractivity contribution in [3.8, 4) is 0 Å². The molecule has 0 bridgehead atoms. The first kappa shape index (κ1) is 16.0. The SMILES string of the molecule is CCNCc1cccc(S(=O)(=O)Nc2cccc(Br)c2)c1. The Labute approximate surface area is 133 Å². The van der Waals surface area contributed by atoms with E-state index in [1.807, 2.05) is 19.1 Å². The zero-order valence-electron chi connectivity index (χ0n) is 11.6. The summed E-state index contributed by atoms with van der Waals surface area (Å²) >= 11 is 3.32. The molecule has 0 fully saturated rings. The van der Waals surface area contributed by atoms with Crippen LogP contribution in [0.4, 0.5) is 5.69 Å². The standard InChI is InChI=1S/C15H17BrN2O2S/c1-2-17-11-12-5-3-8-15(9-12)21(19,20)18-14-7-4-6-13(16)10-14/h3-10,17-18H,2,11H2,1H3. The zero-order chi connectivity index (χ0) is 15.3. The van der Waals surface area contributed by atoms with Crippen LogP contribution in [0.25, 0.3) is 0 Å². The van der Waals surface area contributed by atoms with E-state index in [4.69, 9.17) is 0 Å². The van der Waals surface area contributed by atoms with E-state index in [-0.39, 0.29) is 4.90 Å². The normalized spacial score (nSPS) is 11.3. The molecule has 0 amide bonds. The van der Waals surface area contributed by atoms with E-state index in [0.717, 1.165) is 16.6 Å². The van der Waals surface area contributed by atoms with E-state index < -0.39 is 10.0 Å². The summed E-state index contributed by atoms with van der Waals surface area (Å²) in [5, 5.41) is 3.18. The highest BCUT2D eigenvalue weighted by Crippen LogP contribution is 2.20. The first-order valence-electron chi connectivity index (χ1n) is 6.59. The number of sulfonamides is 1.